The fraction of sp³-hybridized carbons (Fsp3) is 0.533. The van der Waals surface area contributed by atoms with E-state index in [1.54, 1.807) is 12.1 Å². The summed E-state index contributed by atoms with van der Waals surface area (Å²) in [4.78, 5) is 0. The van der Waals surface area contributed by atoms with Crippen molar-refractivity contribution in [1.82, 2.24) is 5.32 Å². The van der Waals surface area contributed by atoms with Crippen LogP contribution in [0.15, 0.2) is 29.4 Å². The molecule has 4 nitrogen and oxygen atoms in total. The maximum absolute atomic E-state index is 13.6. The van der Waals surface area contributed by atoms with E-state index < -0.39 is 0 Å². The first kappa shape index (κ1) is 16.4. The molecule has 1 atom stereocenters. The molecule has 0 heterocycles. The van der Waals surface area contributed by atoms with E-state index in [0.29, 0.717) is 5.56 Å². The first-order valence-corrected chi connectivity index (χ1v) is 6.84. The maximum atomic E-state index is 13.6. The van der Waals surface area contributed by atoms with Gasteiger partial charge in [-0.25, -0.2) is 4.39 Å². The number of amidine groups is 1. The molecule has 4 N–H and O–H groups in total. The Kier molecular flexibility index (Phi) is 5.95. The summed E-state index contributed by atoms with van der Waals surface area (Å²) in [6, 6.07) is 6.73. The standard InChI is InChI=1S/C15H24FN3O/c1-11(12-7-4-5-8-13(12)16)18-10-6-9-15(2,3)14(17)19-20/h4-5,7-8,11,18,20H,6,9-10H2,1-3H3,(H2,17,19)/t11-/m1/s1. The predicted molar refractivity (Wildman–Crippen MR) is 79.2 cm³/mol. The smallest absolute Gasteiger partial charge is 0.144 e. The molecular formula is C15H24FN3O. The molecule has 0 fully saturated rings. The lowest BCUT2D eigenvalue weighted by Gasteiger charge is -2.23. The number of nitrogens with one attached hydrogen (secondary N) is 1. The lowest BCUT2D eigenvalue weighted by atomic mass is 9.86. The number of nitrogens with zero attached hydrogens (tertiary/aromatic N) is 1. The van der Waals surface area contributed by atoms with E-state index >= 15 is 0 Å². The summed E-state index contributed by atoms with van der Waals surface area (Å²) in [7, 11) is 0. The Balaban J connectivity index is 2.40. The average molecular weight is 281 g/mol. The van der Waals surface area contributed by atoms with Gasteiger partial charge in [-0.3, -0.25) is 0 Å². The number of hydrogen-bond acceptors (Lipinski definition) is 3. The second kappa shape index (κ2) is 7.24. The van der Waals surface area contributed by atoms with Gasteiger partial charge in [-0.2, -0.15) is 0 Å². The second-order valence-electron chi connectivity index (χ2n) is 5.67. The Hall–Kier alpha value is -1.62. The third kappa shape index (κ3) is 4.49. The van der Waals surface area contributed by atoms with E-state index in [-0.39, 0.29) is 23.1 Å². The highest BCUT2D eigenvalue weighted by Gasteiger charge is 2.22. The first-order chi connectivity index (χ1) is 9.38. The molecule has 1 aromatic carbocycles. The summed E-state index contributed by atoms with van der Waals surface area (Å²) >= 11 is 0. The Morgan fingerprint density at radius 1 is 1.45 bits per heavy atom. The number of benzene rings is 1. The highest BCUT2D eigenvalue weighted by atomic mass is 19.1. The minimum Gasteiger partial charge on any atom is -0.409 e. The number of oxime groups is 1. The van der Waals surface area contributed by atoms with Crippen LogP contribution in [0.1, 0.15) is 45.2 Å². The third-order valence-corrected chi connectivity index (χ3v) is 3.60. The van der Waals surface area contributed by atoms with Gasteiger partial charge in [0.15, 0.2) is 0 Å². The molecule has 112 valence electrons. The molecule has 0 saturated heterocycles. The molecule has 5 heteroatoms. The van der Waals surface area contributed by atoms with Gasteiger partial charge in [-0.05, 0) is 32.4 Å². The minimum atomic E-state index is -0.336. The molecule has 0 bridgehead atoms. The fourth-order valence-electron chi connectivity index (χ4n) is 2.05. The van der Waals surface area contributed by atoms with Gasteiger partial charge in [0, 0.05) is 17.0 Å². The van der Waals surface area contributed by atoms with Crippen molar-refractivity contribution in [1.29, 1.82) is 0 Å². The molecule has 0 aliphatic carbocycles. The van der Waals surface area contributed by atoms with Gasteiger partial charge in [0.25, 0.3) is 0 Å². The first-order valence-electron chi connectivity index (χ1n) is 6.84. The van der Waals surface area contributed by atoms with Crippen LogP contribution in [0.3, 0.4) is 0 Å². The summed E-state index contributed by atoms with van der Waals surface area (Å²) in [6.07, 6.45) is 1.65. The molecule has 0 aliphatic rings. The SMILES string of the molecule is C[C@@H](NCCCC(C)(C)/C(N)=N/O)c1ccccc1F. The van der Waals surface area contributed by atoms with Crippen molar-refractivity contribution in [2.75, 3.05) is 6.54 Å². The zero-order valence-corrected chi connectivity index (χ0v) is 12.4. The predicted octanol–water partition coefficient (Wildman–Crippen LogP) is 3.03. The molecule has 0 spiro atoms. The van der Waals surface area contributed by atoms with Crippen molar-refractivity contribution in [3.63, 3.8) is 0 Å². The molecular weight excluding hydrogens is 257 g/mol. The quantitative estimate of drug-likeness (QED) is 0.236. The van der Waals surface area contributed by atoms with Crippen LogP contribution in [0.4, 0.5) is 4.39 Å². The Morgan fingerprint density at radius 2 is 2.10 bits per heavy atom. The van der Waals surface area contributed by atoms with Crippen LogP contribution in [-0.4, -0.2) is 17.6 Å². The molecule has 1 aromatic rings. The van der Waals surface area contributed by atoms with Crippen molar-refractivity contribution in [3.05, 3.63) is 35.6 Å². The number of hydrogen-bond donors (Lipinski definition) is 3. The van der Waals surface area contributed by atoms with E-state index in [4.69, 9.17) is 10.9 Å². The van der Waals surface area contributed by atoms with Crippen molar-refractivity contribution >= 4 is 5.84 Å². The summed E-state index contributed by atoms with van der Waals surface area (Å²) in [5.74, 6) is 0.0455. The fourth-order valence-corrected chi connectivity index (χ4v) is 2.05. The third-order valence-electron chi connectivity index (χ3n) is 3.60. The molecule has 20 heavy (non-hydrogen) atoms. The normalized spacial score (nSPS) is 14.3. The van der Waals surface area contributed by atoms with Crippen LogP contribution in [0, 0.1) is 11.2 Å². The van der Waals surface area contributed by atoms with Crippen molar-refractivity contribution in [2.45, 2.75) is 39.7 Å². The monoisotopic (exact) mass is 281 g/mol. The maximum Gasteiger partial charge on any atom is 0.144 e. The van der Waals surface area contributed by atoms with Crippen LogP contribution in [-0.2, 0) is 0 Å². The summed E-state index contributed by atoms with van der Waals surface area (Å²) in [5.41, 5.74) is 5.97. The van der Waals surface area contributed by atoms with Crippen LogP contribution in [0.25, 0.3) is 0 Å². The van der Waals surface area contributed by atoms with Gasteiger partial charge >= 0.3 is 0 Å². The Bertz CT molecular complexity index is 460. The molecule has 0 aromatic heterocycles. The Morgan fingerprint density at radius 3 is 2.70 bits per heavy atom. The molecule has 0 radical (unpaired) electrons. The number of halogens is 1. The van der Waals surface area contributed by atoms with Crippen LogP contribution in [0.5, 0.6) is 0 Å². The van der Waals surface area contributed by atoms with E-state index in [1.165, 1.54) is 6.07 Å². The van der Waals surface area contributed by atoms with Crippen molar-refractivity contribution in [2.24, 2.45) is 16.3 Å². The van der Waals surface area contributed by atoms with Gasteiger partial charge in [-0.1, -0.05) is 37.2 Å². The van der Waals surface area contributed by atoms with E-state index in [0.717, 1.165) is 19.4 Å². The number of rotatable bonds is 7. The Labute approximate surface area is 119 Å². The zero-order valence-electron chi connectivity index (χ0n) is 12.4. The minimum absolute atomic E-state index is 0.0387. The van der Waals surface area contributed by atoms with E-state index in [2.05, 4.69) is 10.5 Å². The summed E-state index contributed by atoms with van der Waals surface area (Å²) in [5, 5.41) is 15.0. The van der Waals surface area contributed by atoms with Gasteiger partial charge in [0.05, 0.1) is 0 Å². The van der Waals surface area contributed by atoms with E-state index in [1.807, 2.05) is 26.8 Å². The van der Waals surface area contributed by atoms with Crippen molar-refractivity contribution < 1.29 is 9.60 Å². The van der Waals surface area contributed by atoms with Gasteiger partial charge in [-0.15, -0.1) is 0 Å². The summed E-state index contributed by atoms with van der Waals surface area (Å²) in [6.45, 7) is 6.55. The highest BCUT2D eigenvalue weighted by molar-refractivity contribution is 5.85. The highest BCUT2D eigenvalue weighted by Crippen LogP contribution is 2.22. The number of nitrogens with two attached hydrogens (primary N) is 1. The van der Waals surface area contributed by atoms with E-state index in [9.17, 15) is 4.39 Å². The van der Waals surface area contributed by atoms with Gasteiger partial charge in [0.1, 0.15) is 11.7 Å². The lowest BCUT2D eigenvalue weighted by Crippen LogP contribution is -2.33. The lowest BCUT2D eigenvalue weighted by molar-refractivity contribution is 0.304. The van der Waals surface area contributed by atoms with Crippen LogP contribution >= 0.6 is 0 Å². The van der Waals surface area contributed by atoms with Gasteiger partial charge < -0.3 is 16.3 Å². The van der Waals surface area contributed by atoms with Crippen molar-refractivity contribution in [3.8, 4) is 0 Å². The van der Waals surface area contributed by atoms with Gasteiger partial charge in [0.2, 0.25) is 0 Å². The molecule has 0 unspecified atom stereocenters. The average Bonchev–Trinajstić information content (AvgIpc) is 2.42. The zero-order chi connectivity index (χ0) is 15.2. The molecule has 1 rings (SSSR count). The molecule has 0 aliphatic heterocycles. The molecule has 0 amide bonds. The molecule has 0 saturated carbocycles. The second-order valence-corrected chi connectivity index (χ2v) is 5.67. The largest absolute Gasteiger partial charge is 0.409 e. The summed E-state index contributed by atoms with van der Waals surface area (Å²) < 4.78 is 13.6. The van der Waals surface area contributed by atoms with Crippen LogP contribution < -0.4 is 11.1 Å². The topological polar surface area (TPSA) is 70.6 Å². The van der Waals surface area contributed by atoms with Crippen LogP contribution in [0.2, 0.25) is 0 Å².